The summed E-state index contributed by atoms with van der Waals surface area (Å²) in [5.74, 6) is 3.84. The topological polar surface area (TPSA) is 35.5 Å². The molecule has 3 heteroatoms. The molecule has 2 aliphatic heterocycles. The molecular weight excluding hydrogens is 372 g/mol. The van der Waals surface area contributed by atoms with Crippen LogP contribution in [0.4, 0.5) is 0 Å². The Bertz CT molecular complexity index is 734. The molecule has 0 aromatic carbocycles. The van der Waals surface area contributed by atoms with Gasteiger partial charge in [-0.3, -0.25) is 4.79 Å². The molecule has 2 unspecified atom stereocenters. The number of rotatable bonds is 0. The fraction of sp³-hybridized carbons (Fsp3) is 0.963. The molecule has 0 bridgehead atoms. The Kier molecular flexibility index (Phi) is 4.42. The average Bonchev–Trinajstić information content (AvgIpc) is 3.16. The Morgan fingerprint density at radius 3 is 2.57 bits per heavy atom. The van der Waals surface area contributed by atoms with Crippen molar-refractivity contribution in [3.05, 3.63) is 0 Å². The number of ether oxygens (including phenoxy) is 2. The summed E-state index contributed by atoms with van der Waals surface area (Å²) in [6, 6.07) is 0. The van der Waals surface area contributed by atoms with Crippen molar-refractivity contribution < 1.29 is 14.3 Å². The molecular formula is C27H42O3. The molecule has 30 heavy (non-hydrogen) atoms. The van der Waals surface area contributed by atoms with E-state index < -0.39 is 5.79 Å². The first kappa shape index (κ1) is 20.2. The lowest BCUT2D eigenvalue weighted by Crippen LogP contribution is -2.56. The van der Waals surface area contributed by atoms with E-state index in [0.717, 1.165) is 23.7 Å². The Balaban J connectivity index is 1.29. The molecule has 0 radical (unpaired) electrons. The molecule has 0 aromatic rings. The molecule has 11 atom stereocenters. The lowest BCUT2D eigenvalue weighted by Gasteiger charge is -2.60. The van der Waals surface area contributed by atoms with Crippen molar-refractivity contribution in [3.8, 4) is 0 Å². The minimum atomic E-state index is -0.931. The Hall–Kier alpha value is -0.410. The predicted octanol–water partition coefficient (Wildman–Crippen LogP) is 6.00. The lowest BCUT2D eigenvalue weighted by molar-refractivity contribution is -0.252. The SMILES string of the molecule is CC1CO[C@@]2(O[C@H]3C[C@H]4[C@@H]5CCC6CCCC[C@]6(C)[C@H]5CC[C@]4(C)[C@H]3[C@@H]2C)C(=O)C1. The molecule has 1 spiro atoms. The Morgan fingerprint density at radius 1 is 0.933 bits per heavy atom. The molecule has 6 fully saturated rings. The van der Waals surface area contributed by atoms with Gasteiger partial charge in [0.05, 0.1) is 12.7 Å². The number of Topliss-reactive ketones (excluding diaryl/α,β-unsaturated/α-hetero) is 1. The fourth-order valence-electron chi connectivity index (χ4n) is 10.3. The molecule has 0 N–H and O–H groups in total. The first-order chi connectivity index (χ1) is 14.3. The molecule has 6 rings (SSSR count). The van der Waals surface area contributed by atoms with E-state index in [2.05, 4.69) is 27.7 Å². The van der Waals surface area contributed by atoms with Gasteiger partial charge in [0, 0.05) is 12.3 Å². The Labute approximate surface area is 183 Å². The van der Waals surface area contributed by atoms with Crippen LogP contribution < -0.4 is 0 Å². The van der Waals surface area contributed by atoms with Gasteiger partial charge in [-0.2, -0.15) is 0 Å². The van der Waals surface area contributed by atoms with Gasteiger partial charge >= 0.3 is 0 Å². The summed E-state index contributed by atoms with van der Waals surface area (Å²) in [6.07, 6.45) is 13.5. The van der Waals surface area contributed by atoms with Gasteiger partial charge in [0.25, 0.3) is 0 Å². The molecule has 2 saturated heterocycles. The predicted molar refractivity (Wildman–Crippen MR) is 117 cm³/mol. The third-order valence-corrected chi connectivity index (χ3v) is 11.6. The van der Waals surface area contributed by atoms with Crippen LogP contribution in [0.2, 0.25) is 0 Å². The summed E-state index contributed by atoms with van der Waals surface area (Å²) in [5.41, 5.74) is 0.909. The average molecular weight is 415 g/mol. The summed E-state index contributed by atoms with van der Waals surface area (Å²) < 4.78 is 12.9. The van der Waals surface area contributed by atoms with Crippen LogP contribution in [0.5, 0.6) is 0 Å². The van der Waals surface area contributed by atoms with Crippen LogP contribution in [0, 0.1) is 52.3 Å². The summed E-state index contributed by atoms with van der Waals surface area (Å²) in [5, 5.41) is 0. The monoisotopic (exact) mass is 414 g/mol. The van der Waals surface area contributed by atoms with Gasteiger partial charge in [-0.1, -0.05) is 40.5 Å². The van der Waals surface area contributed by atoms with E-state index in [1.807, 2.05) is 0 Å². The molecule has 168 valence electrons. The van der Waals surface area contributed by atoms with E-state index in [0.29, 0.717) is 35.7 Å². The van der Waals surface area contributed by atoms with Crippen LogP contribution >= 0.6 is 0 Å². The maximum absolute atomic E-state index is 13.1. The first-order valence-corrected chi connectivity index (χ1v) is 13.1. The largest absolute Gasteiger partial charge is 0.343 e. The molecule has 0 amide bonds. The van der Waals surface area contributed by atoms with Crippen LogP contribution in [0.25, 0.3) is 0 Å². The number of carbonyl (C=O) groups excluding carboxylic acids is 1. The van der Waals surface area contributed by atoms with Crippen molar-refractivity contribution >= 4 is 5.78 Å². The molecule has 4 saturated carbocycles. The highest BCUT2D eigenvalue weighted by Gasteiger charge is 2.70. The highest BCUT2D eigenvalue weighted by molar-refractivity contribution is 5.87. The van der Waals surface area contributed by atoms with Crippen molar-refractivity contribution in [3.63, 3.8) is 0 Å². The van der Waals surface area contributed by atoms with Crippen LogP contribution in [-0.4, -0.2) is 24.3 Å². The highest BCUT2D eigenvalue weighted by atomic mass is 16.7. The number of hydrogen-bond donors (Lipinski definition) is 0. The maximum Gasteiger partial charge on any atom is 0.232 e. The fourth-order valence-corrected chi connectivity index (χ4v) is 10.3. The van der Waals surface area contributed by atoms with E-state index >= 15 is 0 Å². The summed E-state index contributed by atoms with van der Waals surface area (Å²) in [7, 11) is 0. The van der Waals surface area contributed by atoms with Gasteiger partial charge in [-0.05, 0) is 91.3 Å². The van der Waals surface area contributed by atoms with Gasteiger partial charge in [0.15, 0.2) is 5.78 Å². The summed E-state index contributed by atoms with van der Waals surface area (Å²) in [4.78, 5) is 13.1. The van der Waals surface area contributed by atoms with Gasteiger partial charge in [-0.25, -0.2) is 0 Å². The minimum Gasteiger partial charge on any atom is -0.343 e. The van der Waals surface area contributed by atoms with E-state index in [1.54, 1.807) is 0 Å². The number of ketones is 1. The molecule has 2 heterocycles. The molecule has 6 aliphatic rings. The number of hydrogen-bond acceptors (Lipinski definition) is 3. The van der Waals surface area contributed by atoms with Gasteiger partial charge in [-0.15, -0.1) is 0 Å². The first-order valence-electron chi connectivity index (χ1n) is 13.1. The second-order valence-electron chi connectivity index (χ2n) is 12.9. The van der Waals surface area contributed by atoms with E-state index in [-0.39, 0.29) is 17.8 Å². The van der Waals surface area contributed by atoms with Crippen LogP contribution in [0.15, 0.2) is 0 Å². The highest BCUT2D eigenvalue weighted by Crippen LogP contribution is 2.71. The van der Waals surface area contributed by atoms with Gasteiger partial charge in [0.1, 0.15) is 0 Å². The third kappa shape index (κ3) is 2.43. The number of fused-ring (bicyclic) bond motifs is 7. The summed E-state index contributed by atoms with van der Waals surface area (Å²) >= 11 is 0. The second-order valence-corrected chi connectivity index (χ2v) is 12.9. The van der Waals surface area contributed by atoms with Gasteiger partial charge in [0.2, 0.25) is 5.79 Å². The van der Waals surface area contributed by atoms with Crippen molar-refractivity contribution in [2.45, 2.75) is 104 Å². The standard InChI is InChI=1S/C27H42O3/c1-16-13-23(28)27(29-15-16)17(2)24-22(30-27)14-21-19-9-8-18-7-5-6-11-25(18,3)20(19)10-12-26(21,24)4/h16-22,24H,5-15H2,1-4H3/t16?,17-,18?,19+,20-,21-,22-,24-,25-,26-,27-/m0/s1. The van der Waals surface area contributed by atoms with Gasteiger partial charge < -0.3 is 9.47 Å². The second kappa shape index (κ2) is 6.56. The quantitative estimate of drug-likeness (QED) is 0.487. The third-order valence-electron chi connectivity index (χ3n) is 11.6. The number of carbonyl (C=O) groups is 1. The Morgan fingerprint density at radius 2 is 1.77 bits per heavy atom. The minimum absolute atomic E-state index is 0.190. The van der Waals surface area contributed by atoms with Crippen molar-refractivity contribution in [2.75, 3.05) is 6.61 Å². The normalized spacial score (nSPS) is 60.1. The molecule has 0 aromatic heterocycles. The van der Waals surface area contributed by atoms with E-state index in [1.165, 1.54) is 57.8 Å². The van der Waals surface area contributed by atoms with Crippen molar-refractivity contribution in [1.29, 1.82) is 0 Å². The van der Waals surface area contributed by atoms with Crippen LogP contribution in [0.3, 0.4) is 0 Å². The molecule has 4 aliphatic carbocycles. The smallest absolute Gasteiger partial charge is 0.232 e. The van der Waals surface area contributed by atoms with Crippen molar-refractivity contribution in [2.24, 2.45) is 52.3 Å². The zero-order valence-corrected chi connectivity index (χ0v) is 19.6. The molecule has 3 nitrogen and oxygen atoms in total. The van der Waals surface area contributed by atoms with E-state index in [9.17, 15) is 4.79 Å². The van der Waals surface area contributed by atoms with Crippen molar-refractivity contribution in [1.82, 2.24) is 0 Å². The zero-order chi connectivity index (χ0) is 20.9. The van der Waals surface area contributed by atoms with E-state index in [4.69, 9.17) is 9.47 Å². The zero-order valence-electron chi connectivity index (χ0n) is 19.6. The van der Waals surface area contributed by atoms with Crippen LogP contribution in [0.1, 0.15) is 91.9 Å². The van der Waals surface area contributed by atoms with Crippen LogP contribution in [-0.2, 0) is 14.3 Å². The lowest BCUT2D eigenvalue weighted by atomic mass is 9.44. The maximum atomic E-state index is 13.1. The summed E-state index contributed by atoms with van der Waals surface area (Å²) in [6.45, 7) is 10.3.